The van der Waals surface area contributed by atoms with E-state index in [0.717, 1.165) is 5.56 Å². The summed E-state index contributed by atoms with van der Waals surface area (Å²) in [5.41, 5.74) is 1.76. The molecule has 0 unspecified atom stereocenters. The molecule has 0 amide bonds. The van der Waals surface area contributed by atoms with Crippen LogP contribution >= 0.6 is 23.2 Å². The van der Waals surface area contributed by atoms with Gasteiger partial charge >= 0.3 is 0 Å². The smallest absolute Gasteiger partial charge is 0.266 e. The first-order valence-corrected chi connectivity index (χ1v) is 9.23. The highest BCUT2D eigenvalue weighted by molar-refractivity contribution is 6.35. The van der Waals surface area contributed by atoms with Gasteiger partial charge in [0.05, 0.1) is 16.6 Å². The van der Waals surface area contributed by atoms with E-state index in [2.05, 4.69) is 4.98 Å². The van der Waals surface area contributed by atoms with E-state index >= 15 is 0 Å². The van der Waals surface area contributed by atoms with Crippen LogP contribution < -0.4 is 5.56 Å². The molecular weight excluding hydrogens is 395 g/mol. The lowest BCUT2D eigenvalue weighted by Crippen LogP contribution is -2.22. The molecule has 4 nitrogen and oxygen atoms in total. The third-order valence-corrected chi connectivity index (χ3v) is 4.85. The zero-order valence-electron chi connectivity index (χ0n) is 14.5. The van der Waals surface area contributed by atoms with Crippen molar-refractivity contribution in [2.24, 2.45) is 0 Å². The minimum Gasteiger partial charge on any atom is -0.508 e. The summed E-state index contributed by atoms with van der Waals surface area (Å²) >= 11 is 12.2. The number of rotatable bonds is 3. The summed E-state index contributed by atoms with van der Waals surface area (Å²) in [6.45, 7) is 0. The largest absolute Gasteiger partial charge is 0.508 e. The van der Waals surface area contributed by atoms with E-state index < -0.39 is 0 Å². The Morgan fingerprint density at radius 2 is 1.68 bits per heavy atom. The fraction of sp³-hybridized carbons (Fsp3) is 0. The molecule has 4 aromatic rings. The molecule has 0 radical (unpaired) electrons. The van der Waals surface area contributed by atoms with Crippen molar-refractivity contribution in [2.45, 2.75) is 0 Å². The summed E-state index contributed by atoms with van der Waals surface area (Å²) in [7, 11) is 0. The molecule has 0 bridgehead atoms. The number of phenols is 1. The quantitative estimate of drug-likeness (QED) is 0.482. The van der Waals surface area contributed by atoms with Gasteiger partial charge in [0.1, 0.15) is 11.6 Å². The Labute approximate surface area is 170 Å². The topological polar surface area (TPSA) is 55.1 Å². The van der Waals surface area contributed by atoms with Gasteiger partial charge < -0.3 is 5.11 Å². The highest BCUT2D eigenvalue weighted by Crippen LogP contribution is 2.23. The van der Waals surface area contributed by atoms with Gasteiger partial charge in [-0.2, -0.15) is 0 Å². The lowest BCUT2D eigenvalue weighted by atomic mass is 10.2. The fourth-order valence-electron chi connectivity index (χ4n) is 2.91. The fourth-order valence-corrected chi connectivity index (χ4v) is 3.39. The second kappa shape index (κ2) is 7.50. The van der Waals surface area contributed by atoms with Gasteiger partial charge in [-0.1, -0.05) is 41.4 Å². The van der Waals surface area contributed by atoms with E-state index in [4.69, 9.17) is 23.2 Å². The third kappa shape index (κ3) is 3.52. The predicted octanol–water partition coefficient (Wildman–Crippen LogP) is 5.57. The molecule has 0 atom stereocenters. The minimum atomic E-state index is -0.196. The summed E-state index contributed by atoms with van der Waals surface area (Å²) in [6, 6.07) is 18.8. The van der Waals surface area contributed by atoms with E-state index in [1.54, 1.807) is 60.7 Å². The Hall–Kier alpha value is -3.08. The summed E-state index contributed by atoms with van der Waals surface area (Å²) in [5.74, 6) is 0.566. The molecule has 0 fully saturated rings. The van der Waals surface area contributed by atoms with Crippen LogP contribution in [0.25, 0.3) is 28.7 Å². The Balaban J connectivity index is 1.93. The first-order valence-electron chi connectivity index (χ1n) is 8.47. The van der Waals surface area contributed by atoms with Gasteiger partial charge in [-0.3, -0.25) is 9.36 Å². The van der Waals surface area contributed by atoms with E-state index in [1.807, 2.05) is 6.07 Å². The van der Waals surface area contributed by atoms with E-state index in [9.17, 15) is 9.90 Å². The van der Waals surface area contributed by atoms with Crippen LogP contribution in [0.3, 0.4) is 0 Å². The van der Waals surface area contributed by atoms with Crippen LogP contribution in [0.1, 0.15) is 11.4 Å². The summed E-state index contributed by atoms with van der Waals surface area (Å²) in [4.78, 5) is 17.8. The summed E-state index contributed by atoms with van der Waals surface area (Å²) in [5, 5.41) is 11.1. The maximum Gasteiger partial charge on any atom is 0.266 e. The molecular formula is C22H14Cl2N2O2. The highest BCUT2D eigenvalue weighted by Gasteiger charge is 2.11. The average molecular weight is 409 g/mol. The van der Waals surface area contributed by atoms with Crippen molar-refractivity contribution in [1.29, 1.82) is 0 Å². The molecule has 3 aromatic carbocycles. The van der Waals surface area contributed by atoms with Gasteiger partial charge in [0.2, 0.25) is 0 Å². The van der Waals surface area contributed by atoms with Crippen LogP contribution in [0.4, 0.5) is 0 Å². The molecule has 0 saturated heterocycles. The predicted molar refractivity (Wildman–Crippen MR) is 114 cm³/mol. The number of hydrogen-bond donors (Lipinski definition) is 1. The number of para-hydroxylation sites is 1. The lowest BCUT2D eigenvalue weighted by Gasteiger charge is -2.11. The van der Waals surface area contributed by atoms with Gasteiger partial charge in [0, 0.05) is 10.0 Å². The maximum absolute atomic E-state index is 13.1. The zero-order chi connectivity index (χ0) is 19.7. The van der Waals surface area contributed by atoms with Crippen molar-refractivity contribution >= 4 is 46.3 Å². The average Bonchev–Trinajstić information content (AvgIpc) is 2.68. The van der Waals surface area contributed by atoms with Gasteiger partial charge in [0.25, 0.3) is 5.56 Å². The van der Waals surface area contributed by atoms with E-state index in [-0.39, 0.29) is 11.3 Å². The van der Waals surface area contributed by atoms with Crippen molar-refractivity contribution in [3.63, 3.8) is 0 Å². The van der Waals surface area contributed by atoms with Gasteiger partial charge in [0.15, 0.2) is 0 Å². The maximum atomic E-state index is 13.1. The number of aromatic nitrogens is 2. The van der Waals surface area contributed by atoms with Gasteiger partial charge in [-0.05, 0) is 66.2 Å². The molecule has 0 saturated carbocycles. The first-order chi connectivity index (χ1) is 13.5. The first kappa shape index (κ1) is 18.3. The molecule has 6 heteroatoms. The molecule has 138 valence electrons. The minimum absolute atomic E-state index is 0.121. The van der Waals surface area contributed by atoms with Crippen LogP contribution in [-0.4, -0.2) is 14.7 Å². The van der Waals surface area contributed by atoms with Crippen LogP contribution in [-0.2, 0) is 0 Å². The Bertz CT molecular complexity index is 1260. The monoisotopic (exact) mass is 408 g/mol. The van der Waals surface area contributed by atoms with Crippen molar-refractivity contribution in [3.05, 3.63) is 98.5 Å². The molecule has 0 aliphatic carbocycles. The normalized spacial score (nSPS) is 11.4. The molecule has 0 aliphatic heterocycles. The van der Waals surface area contributed by atoms with Gasteiger partial charge in [-0.15, -0.1) is 0 Å². The van der Waals surface area contributed by atoms with E-state index in [0.29, 0.717) is 32.5 Å². The molecule has 1 aromatic heterocycles. The SMILES string of the molecule is O=c1c2ccccc2nc(C=Cc2ccc(Cl)cc2Cl)n1-c1ccc(O)cc1. The molecule has 0 aliphatic rings. The third-order valence-electron chi connectivity index (χ3n) is 4.28. The van der Waals surface area contributed by atoms with Crippen molar-refractivity contribution in [3.8, 4) is 11.4 Å². The molecule has 4 rings (SSSR count). The van der Waals surface area contributed by atoms with Crippen LogP contribution in [0.5, 0.6) is 5.75 Å². The Morgan fingerprint density at radius 1 is 0.929 bits per heavy atom. The number of halogens is 2. The highest BCUT2D eigenvalue weighted by atomic mass is 35.5. The van der Waals surface area contributed by atoms with Crippen LogP contribution in [0, 0.1) is 0 Å². The standard InChI is InChI=1S/C22H14Cl2N2O2/c23-15-7-5-14(19(24)13-15)6-12-21-25-20-4-2-1-3-18(20)22(28)26(21)16-8-10-17(27)11-9-16/h1-13,27H. The lowest BCUT2D eigenvalue weighted by molar-refractivity contribution is 0.475. The van der Waals surface area contributed by atoms with Gasteiger partial charge in [-0.25, -0.2) is 4.98 Å². The number of hydrogen-bond acceptors (Lipinski definition) is 3. The zero-order valence-corrected chi connectivity index (χ0v) is 16.0. The number of fused-ring (bicyclic) bond motifs is 1. The van der Waals surface area contributed by atoms with Crippen LogP contribution in [0.2, 0.25) is 10.0 Å². The number of phenolic OH excluding ortho intramolecular Hbond substituents is 1. The van der Waals surface area contributed by atoms with E-state index in [1.165, 1.54) is 16.7 Å². The van der Waals surface area contributed by atoms with Crippen molar-refractivity contribution in [2.75, 3.05) is 0 Å². The Kier molecular flexibility index (Phi) is 4.90. The molecule has 0 spiro atoms. The summed E-state index contributed by atoms with van der Waals surface area (Å²) < 4.78 is 1.50. The number of benzene rings is 3. The molecule has 1 heterocycles. The molecule has 1 N–H and O–H groups in total. The van der Waals surface area contributed by atoms with Crippen LogP contribution in [0.15, 0.2) is 71.5 Å². The second-order valence-electron chi connectivity index (χ2n) is 6.14. The summed E-state index contributed by atoms with van der Waals surface area (Å²) in [6.07, 6.45) is 3.52. The Morgan fingerprint density at radius 3 is 2.43 bits per heavy atom. The van der Waals surface area contributed by atoms with Crippen molar-refractivity contribution < 1.29 is 5.11 Å². The number of nitrogens with zero attached hydrogens (tertiary/aromatic N) is 2. The van der Waals surface area contributed by atoms with Crippen molar-refractivity contribution in [1.82, 2.24) is 9.55 Å². The molecule has 28 heavy (non-hydrogen) atoms. The number of aromatic hydroxyl groups is 1. The second-order valence-corrected chi connectivity index (χ2v) is 6.99.